The number of aromatic nitrogens is 4. The molecule has 7 heteroatoms. The van der Waals surface area contributed by atoms with Crippen molar-refractivity contribution in [2.45, 2.75) is 25.2 Å². The Morgan fingerprint density at radius 1 is 1.04 bits per heavy atom. The van der Waals surface area contributed by atoms with Crippen molar-refractivity contribution >= 4 is 23.2 Å². The number of halogens is 1. The number of hydrogen-bond acceptors (Lipinski definition) is 5. The van der Waals surface area contributed by atoms with E-state index in [1.54, 1.807) is 18.5 Å². The van der Waals surface area contributed by atoms with Gasteiger partial charge in [0, 0.05) is 31.7 Å². The zero-order valence-electron chi connectivity index (χ0n) is 14.1. The number of anilines is 1. The van der Waals surface area contributed by atoms with Crippen LogP contribution in [-0.2, 0) is 4.79 Å². The second kappa shape index (κ2) is 6.80. The van der Waals surface area contributed by atoms with E-state index in [1.807, 2.05) is 30.6 Å². The molecule has 0 unspecified atom stereocenters. The van der Waals surface area contributed by atoms with Crippen molar-refractivity contribution in [2.24, 2.45) is 0 Å². The van der Waals surface area contributed by atoms with E-state index in [0.717, 1.165) is 17.5 Å². The molecule has 1 aliphatic rings. The molecule has 0 aliphatic heterocycles. The molecule has 1 saturated carbocycles. The van der Waals surface area contributed by atoms with Crippen LogP contribution >= 0.6 is 11.6 Å². The molecule has 2 aromatic heterocycles. The Morgan fingerprint density at radius 3 is 2.38 bits per heavy atom. The lowest BCUT2D eigenvalue weighted by atomic mass is 10.1. The monoisotopic (exact) mass is 365 g/mol. The minimum atomic E-state index is -0.136. The van der Waals surface area contributed by atoms with Gasteiger partial charge in [-0.15, -0.1) is 0 Å². The fourth-order valence-electron chi connectivity index (χ4n) is 3.05. The van der Waals surface area contributed by atoms with E-state index in [0.29, 0.717) is 34.2 Å². The van der Waals surface area contributed by atoms with Crippen LogP contribution < -0.4 is 5.32 Å². The zero-order chi connectivity index (χ0) is 18.1. The summed E-state index contributed by atoms with van der Waals surface area (Å²) in [5, 5.41) is 3.31. The van der Waals surface area contributed by atoms with Gasteiger partial charge in [0.05, 0.1) is 10.7 Å². The number of nitrogens with zero attached hydrogens (tertiary/aromatic N) is 4. The van der Waals surface area contributed by atoms with Gasteiger partial charge in [0.25, 0.3) is 0 Å². The first-order chi connectivity index (χ1) is 12.6. The Morgan fingerprint density at radius 2 is 1.69 bits per heavy atom. The number of nitrogens with one attached hydrogen (secondary N) is 1. The highest BCUT2D eigenvalue weighted by molar-refractivity contribution is 6.33. The quantitative estimate of drug-likeness (QED) is 0.760. The highest BCUT2D eigenvalue weighted by atomic mass is 35.5. The molecule has 0 bridgehead atoms. The minimum absolute atomic E-state index is 0.136. The number of benzene rings is 1. The van der Waals surface area contributed by atoms with Crippen molar-refractivity contribution < 1.29 is 4.79 Å². The summed E-state index contributed by atoms with van der Waals surface area (Å²) in [6, 6.07) is 7.53. The van der Waals surface area contributed by atoms with Crippen LogP contribution in [0, 0.1) is 0 Å². The van der Waals surface area contributed by atoms with Gasteiger partial charge in [0.1, 0.15) is 0 Å². The smallest absolute Gasteiger partial charge is 0.221 e. The summed E-state index contributed by atoms with van der Waals surface area (Å²) >= 11 is 6.15. The third-order valence-corrected chi connectivity index (χ3v) is 4.72. The summed E-state index contributed by atoms with van der Waals surface area (Å²) in [5.74, 6) is 1.65. The maximum Gasteiger partial charge on any atom is 0.221 e. The van der Waals surface area contributed by atoms with E-state index in [9.17, 15) is 4.79 Å². The molecule has 0 saturated heterocycles. The predicted octanol–water partition coefficient (Wildman–Crippen LogP) is 3.82. The normalized spacial score (nSPS) is 18.4. The van der Waals surface area contributed by atoms with Crippen molar-refractivity contribution in [3.63, 3.8) is 0 Å². The zero-order valence-corrected chi connectivity index (χ0v) is 14.8. The van der Waals surface area contributed by atoms with Gasteiger partial charge in [-0.3, -0.25) is 4.79 Å². The van der Waals surface area contributed by atoms with Crippen LogP contribution in [-0.4, -0.2) is 25.8 Å². The molecule has 3 aromatic rings. The van der Waals surface area contributed by atoms with Crippen LogP contribution in [0.4, 0.5) is 5.69 Å². The summed E-state index contributed by atoms with van der Waals surface area (Å²) < 4.78 is 0. The highest BCUT2D eigenvalue weighted by Crippen LogP contribution is 2.55. The summed E-state index contributed by atoms with van der Waals surface area (Å²) in [4.78, 5) is 28.4. The van der Waals surface area contributed by atoms with E-state index < -0.39 is 0 Å². The molecule has 26 heavy (non-hydrogen) atoms. The molecule has 4 rings (SSSR count). The standard InChI is InChI=1S/C19H16ClN5O/c1-11(26)25-17-7-12(3-4-16(17)20)14-8-15(14)13-9-23-19(24-10-13)18-21-5-2-6-22-18/h2-7,9-10,14-15H,8H2,1H3,(H,25,26)/t14-,15-/m0/s1. The van der Waals surface area contributed by atoms with Crippen LogP contribution in [0.1, 0.15) is 36.3 Å². The lowest BCUT2D eigenvalue weighted by Gasteiger charge is -2.08. The lowest BCUT2D eigenvalue weighted by Crippen LogP contribution is -2.06. The number of hydrogen-bond donors (Lipinski definition) is 1. The molecule has 2 heterocycles. The van der Waals surface area contributed by atoms with E-state index >= 15 is 0 Å². The van der Waals surface area contributed by atoms with Crippen LogP contribution in [0.2, 0.25) is 5.02 Å². The van der Waals surface area contributed by atoms with Gasteiger partial charge in [-0.2, -0.15) is 0 Å². The number of amides is 1. The molecule has 2 atom stereocenters. The third-order valence-electron chi connectivity index (χ3n) is 4.39. The van der Waals surface area contributed by atoms with E-state index in [-0.39, 0.29) is 5.91 Å². The summed E-state index contributed by atoms with van der Waals surface area (Å²) in [7, 11) is 0. The van der Waals surface area contributed by atoms with Crippen LogP contribution in [0.25, 0.3) is 11.6 Å². The van der Waals surface area contributed by atoms with E-state index in [4.69, 9.17) is 11.6 Å². The molecule has 0 spiro atoms. The van der Waals surface area contributed by atoms with Crippen molar-refractivity contribution in [2.75, 3.05) is 5.32 Å². The Bertz CT molecular complexity index is 946. The molecule has 130 valence electrons. The van der Waals surface area contributed by atoms with Gasteiger partial charge < -0.3 is 5.32 Å². The van der Waals surface area contributed by atoms with Gasteiger partial charge in [0.2, 0.25) is 5.91 Å². The Kier molecular flexibility index (Phi) is 4.34. The second-order valence-corrected chi connectivity index (χ2v) is 6.69. The van der Waals surface area contributed by atoms with Crippen molar-refractivity contribution in [3.05, 3.63) is 65.2 Å². The average Bonchev–Trinajstić information content (AvgIpc) is 3.45. The SMILES string of the molecule is CC(=O)Nc1cc([C@@H]2C[C@H]2c2cnc(-c3ncccn3)nc2)ccc1Cl. The average molecular weight is 366 g/mol. The number of carbonyl (C=O) groups is 1. The maximum absolute atomic E-state index is 11.3. The topological polar surface area (TPSA) is 80.7 Å². The molecule has 0 radical (unpaired) electrons. The van der Waals surface area contributed by atoms with Gasteiger partial charge in [-0.05, 0) is 47.6 Å². The second-order valence-electron chi connectivity index (χ2n) is 6.28. The van der Waals surface area contributed by atoms with Crippen molar-refractivity contribution in [1.29, 1.82) is 0 Å². The Labute approximate surface area is 155 Å². The van der Waals surface area contributed by atoms with Crippen LogP contribution in [0.5, 0.6) is 0 Å². The molecule has 1 aliphatic carbocycles. The van der Waals surface area contributed by atoms with Gasteiger partial charge in [-0.1, -0.05) is 17.7 Å². The minimum Gasteiger partial charge on any atom is -0.325 e. The van der Waals surface area contributed by atoms with Gasteiger partial charge in [-0.25, -0.2) is 19.9 Å². The third kappa shape index (κ3) is 3.41. The Balaban J connectivity index is 1.51. The first-order valence-corrected chi connectivity index (χ1v) is 8.66. The Hall–Kier alpha value is -2.86. The summed E-state index contributed by atoms with van der Waals surface area (Å²) in [6.45, 7) is 1.47. The molecular formula is C19H16ClN5O. The fourth-order valence-corrected chi connectivity index (χ4v) is 3.22. The number of rotatable bonds is 4. The molecule has 1 N–H and O–H groups in total. The van der Waals surface area contributed by atoms with Crippen molar-refractivity contribution in [1.82, 2.24) is 19.9 Å². The lowest BCUT2D eigenvalue weighted by molar-refractivity contribution is -0.114. The summed E-state index contributed by atoms with van der Waals surface area (Å²) in [5.41, 5.74) is 2.89. The molecule has 1 aromatic carbocycles. The van der Waals surface area contributed by atoms with Crippen LogP contribution in [0.15, 0.2) is 49.1 Å². The van der Waals surface area contributed by atoms with Crippen LogP contribution in [0.3, 0.4) is 0 Å². The van der Waals surface area contributed by atoms with Gasteiger partial charge >= 0.3 is 0 Å². The first kappa shape index (κ1) is 16.6. The summed E-state index contributed by atoms with van der Waals surface area (Å²) in [6.07, 6.45) is 8.04. The first-order valence-electron chi connectivity index (χ1n) is 8.28. The molecule has 1 amide bonds. The molecular weight excluding hydrogens is 350 g/mol. The largest absolute Gasteiger partial charge is 0.325 e. The van der Waals surface area contributed by atoms with E-state index in [2.05, 4.69) is 25.3 Å². The maximum atomic E-state index is 11.3. The fraction of sp³-hybridized carbons (Fsp3) is 0.211. The van der Waals surface area contributed by atoms with E-state index in [1.165, 1.54) is 6.92 Å². The van der Waals surface area contributed by atoms with Crippen molar-refractivity contribution in [3.8, 4) is 11.6 Å². The van der Waals surface area contributed by atoms with Gasteiger partial charge in [0.15, 0.2) is 11.6 Å². The number of carbonyl (C=O) groups excluding carboxylic acids is 1. The molecule has 6 nitrogen and oxygen atoms in total. The highest BCUT2D eigenvalue weighted by Gasteiger charge is 2.40. The predicted molar refractivity (Wildman–Crippen MR) is 98.9 cm³/mol. The molecule has 1 fully saturated rings.